The highest BCUT2D eigenvalue weighted by molar-refractivity contribution is 6.05. The summed E-state index contributed by atoms with van der Waals surface area (Å²) in [7, 11) is 0. The van der Waals surface area contributed by atoms with Crippen molar-refractivity contribution in [3.05, 3.63) is 53.8 Å². The minimum Gasteiger partial charge on any atom is -0.508 e. The molecule has 0 atom stereocenters. The van der Waals surface area contributed by atoms with Crippen LogP contribution in [0, 0.1) is 5.82 Å². The molecule has 0 aliphatic carbocycles. The summed E-state index contributed by atoms with van der Waals surface area (Å²) in [6.45, 7) is 0.648. The van der Waals surface area contributed by atoms with Gasteiger partial charge in [0.2, 0.25) is 0 Å². The number of halogens is 1. The first-order valence-corrected chi connectivity index (χ1v) is 6.33. The number of anilines is 1. The molecule has 0 spiro atoms. The number of para-hydroxylation sites is 2. The predicted octanol–water partition coefficient (Wildman–Crippen LogP) is 2.12. The molecule has 6 heteroatoms. The minimum atomic E-state index is -0.798. The fourth-order valence-corrected chi connectivity index (χ4v) is 1.74. The summed E-state index contributed by atoms with van der Waals surface area (Å²) in [6.07, 6.45) is 0. The van der Waals surface area contributed by atoms with Crippen molar-refractivity contribution >= 4 is 11.6 Å². The van der Waals surface area contributed by atoms with E-state index in [0.29, 0.717) is 24.6 Å². The monoisotopic (exact) mass is 290 g/mol. The second-order valence-corrected chi connectivity index (χ2v) is 4.25. The number of nitrogens with one attached hydrogen (secondary N) is 1. The molecule has 0 saturated carbocycles. The van der Waals surface area contributed by atoms with Gasteiger partial charge in [0.25, 0.3) is 5.91 Å². The fourth-order valence-electron chi connectivity index (χ4n) is 1.74. The Labute approximate surface area is 121 Å². The summed E-state index contributed by atoms with van der Waals surface area (Å²) >= 11 is 0. The molecule has 0 aromatic heterocycles. The van der Waals surface area contributed by atoms with Crippen LogP contribution in [-0.2, 0) is 0 Å². The van der Waals surface area contributed by atoms with E-state index < -0.39 is 11.7 Å². The molecule has 1 amide bonds. The third kappa shape index (κ3) is 3.70. The Morgan fingerprint density at radius 2 is 2.05 bits per heavy atom. The number of nitrogens with two attached hydrogens (primary N) is 1. The van der Waals surface area contributed by atoms with E-state index in [0.717, 1.165) is 6.07 Å². The standard InChI is InChI=1S/C15H15FN2O3/c16-12-9-10(19)5-6-11(12)15(20)18-13-3-1-2-4-14(13)21-8-7-17/h1-6,9,19H,7-8,17H2,(H,18,20). The molecule has 5 nitrogen and oxygen atoms in total. The predicted molar refractivity (Wildman–Crippen MR) is 77.0 cm³/mol. The van der Waals surface area contributed by atoms with Crippen molar-refractivity contribution in [2.75, 3.05) is 18.5 Å². The molecule has 0 radical (unpaired) electrons. The Morgan fingerprint density at radius 3 is 2.76 bits per heavy atom. The summed E-state index contributed by atoms with van der Waals surface area (Å²) in [4.78, 5) is 12.1. The van der Waals surface area contributed by atoms with Crippen LogP contribution in [0.15, 0.2) is 42.5 Å². The zero-order chi connectivity index (χ0) is 15.2. The molecule has 4 N–H and O–H groups in total. The van der Waals surface area contributed by atoms with Crippen molar-refractivity contribution in [1.29, 1.82) is 0 Å². The van der Waals surface area contributed by atoms with E-state index in [2.05, 4.69) is 5.32 Å². The maximum Gasteiger partial charge on any atom is 0.258 e. The number of aromatic hydroxyl groups is 1. The first-order valence-electron chi connectivity index (χ1n) is 6.33. The van der Waals surface area contributed by atoms with E-state index in [1.165, 1.54) is 12.1 Å². The Kier molecular flexibility index (Phi) is 4.73. The number of hydrogen-bond acceptors (Lipinski definition) is 4. The van der Waals surface area contributed by atoms with Gasteiger partial charge in [-0.3, -0.25) is 4.79 Å². The van der Waals surface area contributed by atoms with Gasteiger partial charge in [0, 0.05) is 12.6 Å². The van der Waals surface area contributed by atoms with Crippen LogP contribution in [0.3, 0.4) is 0 Å². The van der Waals surface area contributed by atoms with E-state index in [4.69, 9.17) is 15.6 Å². The Morgan fingerprint density at radius 1 is 1.29 bits per heavy atom. The first kappa shape index (κ1) is 14.8. The van der Waals surface area contributed by atoms with Crippen molar-refractivity contribution in [2.24, 2.45) is 5.73 Å². The summed E-state index contributed by atoms with van der Waals surface area (Å²) in [5.74, 6) is -1.21. The van der Waals surface area contributed by atoms with E-state index in [1.54, 1.807) is 24.3 Å². The molecule has 0 aliphatic rings. The molecular formula is C15H15FN2O3. The second kappa shape index (κ2) is 6.71. The lowest BCUT2D eigenvalue weighted by molar-refractivity contribution is 0.102. The SMILES string of the molecule is NCCOc1ccccc1NC(=O)c1ccc(O)cc1F. The van der Waals surface area contributed by atoms with Crippen molar-refractivity contribution in [1.82, 2.24) is 0 Å². The number of ether oxygens (including phenoxy) is 1. The number of phenols is 1. The number of rotatable bonds is 5. The molecule has 2 rings (SSSR count). The van der Waals surface area contributed by atoms with E-state index in [1.807, 2.05) is 0 Å². The summed E-state index contributed by atoms with van der Waals surface area (Å²) < 4.78 is 19.0. The van der Waals surface area contributed by atoms with Gasteiger partial charge in [0.15, 0.2) is 0 Å². The zero-order valence-electron chi connectivity index (χ0n) is 11.2. The van der Waals surface area contributed by atoms with Crippen LogP contribution in [0.4, 0.5) is 10.1 Å². The molecule has 21 heavy (non-hydrogen) atoms. The highest BCUT2D eigenvalue weighted by atomic mass is 19.1. The molecule has 0 fully saturated rings. The number of carbonyl (C=O) groups is 1. The van der Waals surface area contributed by atoms with E-state index in [9.17, 15) is 9.18 Å². The van der Waals surface area contributed by atoms with Gasteiger partial charge >= 0.3 is 0 Å². The lowest BCUT2D eigenvalue weighted by Crippen LogP contribution is -2.16. The van der Waals surface area contributed by atoms with Crippen molar-refractivity contribution < 1.29 is 19.0 Å². The number of hydrogen-bond donors (Lipinski definition) is 3. The lowest BCUT2D eigenvalue weighted by atomic mass is 10.2. The molecule has 0 saturated heterocycles. The maximum atomic E-state index is 13.6. The molecule has 0 aliphatic heterocycles. The van der Waals surface area contributed by atoms with Crippen molar-refractivity contribution in [3.63, 3.8) is 0 Å². The lowest BCUT2D eigenvalue weighted by Gasteiger charge is -2.12. The van der Waals surface area contributed by atoms with Gasteiger partial charge in [0.05, 0.1) is 11.3 Å². The van der Waals surface area contributed by atoms with Crippen LogP contribution in [-0.4, -0.2) is 24.2 Å². The van der Waals surface area contributed by atoms with Gasteiger partial charge < -0.3 is 20.9 Å². The molecule has 2 aromatic carbocycles. The zero-order valence-corrected chi connectivity index (χ0v) is 11.2. The van der Waals surface area contributed by atoms with Gasteiger partial charge in [-0.25, -0.2) is 4.39 Å². The van der Waals surface area contributed by atoms with Crippen LogP contribution >= 0.6 is 0 Å². The number of carbonyl (C=O) groups excluding carboxylic acids is 1. The molecule has 0 bridgehead atoms. The topological polar surface area (TPSA) is 84.6 Å². The third-order valence-corrected chi connectivity index (χ3v) is 2.71. The number of benzene rings is 2. The molecular weight excluding hydrogens is 275 g/mol. The van der Waals surface area contributed by atoms with Gasteiger partial charge in [-0.2, -0.15) is 0 Å². The summed E-state index contributed by atoms with van der Waals surface area (Å²) in [5.41, 5.74) is 5.62. The average molecular weight is 290 g/mol. The Balaban J connectivity index is 2.19. The third-order valence-electron chi connectivity index (χ3n) is 2.71. The quantitative estimate of drug-likeness (QED) is 0.787. The van der Waals surface area contributed by atoms with Gasteiger partial charge in [-0.15, -0.1) is 0 Å². The second-order valence-electron chi connectivity index (χ2n) is 4.25. The minimum absolute atomic E-state index is 0.165. The van der Waals surface area contributed by atoms with Gasteiger partial charge in [0.1, 0.15) is 23.9 Å². The Bertz CT molecular complexity index is 647. The van der Waals surface area contributed by atoms with Crippen molar-refractivity contribution in [3.8, 4) is 11.5 Å². The highest BCUT2D eigenvalue weighted by Gasteiger charge is 2.14. The number of amides is 1. The van der Waals surface area contributed by atoms with Gasteiger partial charge in [-0.1, -0.05) is 12.1 Å². The molecule has 0 unspecified atom stereocenters. The average Bonchev–Trinajstić information content (AvgIpc) is 2.46. The van der Waals surface area contributed by atoms with E-state index in [-0.39, 0.29) is 11.3 Å². The highest BCUT2D eigenvalue weighted by Crippen LogP contribution is 2.25. The van der Waals surface area contributed by atoms with E-state index >= 15 is 0 Å². The van der Waals surface area contributed by atoms with Gasteiger partial charge in [-0.05, 0) is 24.3 Å². The van der Waals surface area contributed by atoms with Crippen molar-refractivity contribution in [2.45, 2.75) is 0 Å². The molecule has 0 heterocycles. The summed E-state index contributed by atoms with van der Waals surface area (Å²) in [5, 5.41) is 11.7. The molecule has 2 aromatic rings. The fraction of sp³-hybridized carbons (Fsp3) is 0.133. The van der Waals surface area contributed by atoms with Crippen LogP contribution < -0.4 is 15.8 Å². The molecule has 110 valence electrons. The maximum absolute atomic E-state index is 13.6. The largest absolute Gasteiger partial charge is 0.508 e. The van der Waals surface area contributed by atoms with Crippen LogP contribution in [0.5, 0.6) is 11.5 Å². The van der Waals surface area contributed by atoms with Crippen LogP contribution in [0.25, 0.3) is 0 Å². The van der Waals surface area contributed by atoms with Crippen LogP contribution in [0.2, 0.25) is 0 Å². The van der Waals surface area contributed by atoms with Crippen LogP contribution in [0.1, 0.15) is 10.4 Å². The first-order chi connectivity index (χ1) is 10.1. The smallest absolute Gasteiger partial charge is 0.258 e. The summed E-state index contributed by atoms with van der Waals surface area (Å²) in [6, 6.07) is 10.1. The normalized spacial score (nSPS) is 10.2. The Hall–Kier alpha value is -2.60. The number of phenolic OH excluding ortho intramolecular Hbond substituents is 1.